The van der Waals surface area contributed by atoms with Crippen molar-refractivity contribution in [2.75, 3.05) is 5.32 Å². The molecule has 0 saturated heterocycles. The van der Waals surface area contributed by atoms with Gasteiger partial charge in [-0.3, -0.25) is 0 Å². The number of nitrogens with zero attached hydrogens (tertiary/aromatic N) is 2. The smallest absolute Gasteiger partial charge is 0.149 e. The van der Waals surface area contributed by atoms with Crippen LogP contribution < -0.4 is 5.32 Å². The Morgan fingerprint density at radius 1 is 0.792 bits per heavy atom. The van der Waals surface area contributed by atoms with Crippen molar-refractivity contribution in [2.24, 2.45) is 0 Å². The molecule has 1 aromatic heterocycles. The van der Waals surface area contributed by atoms with Crippen LogP contribution in [0.2, 0.25) is 0 Å². The topological polar surface area (TPSA) is 37.8 Å². The Kier molecular flexibility index (Phi) is 4.30. The van der Waals surface area contributed by atoms with Gasteiger partial charge < -0.3 is 5.32 Å². The van der Waals surface area contributed by atoms with Crippen LogP contribution in [0.15, 0.2) is 60.7 Å². The first kappa shape index (κ1) is 16.1. The summed E-state index contributed by atoms with van der Waals surface area (Å²) in [6.07, 6.45) is 0. The fourth-order valence-electron chi connectivity index (χ4n) is 2.50. The highest BCUT2D eigenvalue weighted by Gasteiger charge is 2.14. The Morgan fingerprint density at radius 2 is 1.50 bits per heavy atom. The van der Waals surface area contributed by atoms with Gasteiger partial charge in [0.25, 0.3) is 0 Å². The van der Waals surface area contributed by atoms with Gasteiger partial charge in [-0.25, -0.2) is 4.39 Å². The van der Waals surface area contributed by atoms with Crippen LogP contribution in [0.25, 0.3) is 22.4 Å². The van der Waals surface area contributed by atoms with Crippen LogP contribution in [0.5, 0.6) is 0 Å². The lowest BCUT2D eigenvalue weighted by Crippen LogP contribution is -2.26. The third-order valence-electron chi connectivity index (χ3n) is 3.53. The second-order valence-corrected chi connectivity index (χ2v) is 6.71. The zero-order valence-corrected chi connectivity index (χ0v) is 14.0. The van der Waals surface area contributed by atoms with Gasteiger partial charge in [-0.05, 0) is 44.5 Å². The first-order chi connectivity index (χ1) is 11.4. The Morgan fingerprint density at radius 3 is 2.12 bits per heavy atom. The molecule has 3 nitrogen and oxygen atoms in total. The summed E-state index contributed by atoms with van der Waals surface area (Å²) >= 11 is 0. The standard InChI is InChI=1S/C20H20FN3/c1-20(2,3)22-18-13-12-17(23-24-18)16-11-7-10-15(19(16)21)14-8-5-4-6-9-14/h4-13H,1-3H3,(H,22,24). The Bertz CT molecular complexity index is 822. The predicted molar refractivity (Wildman–Crippen MR) is 96.2 cm³/mol. The van der Waals surface area contributed by atoms with E-state index in [1.807, 2.05) is 63.2 Å². The van der Waals surface area contributed by atoms with Crippen LogP contribution in [0.3, 0.4) is 0 Å². The van der Waals surface area contributed by atoms with E-state index in [0.29, 0.717) is 22.6 Å². The summed E-state index contributed by atoms with van der Waals surface area (Å²) < 4.78 is 14.9. The molecule has 2 aromatic carbocycles. The third kappa shape index (κ3) is 3.59. The number of nitrogens with one attached hydrogen (secondary N) is 1. The molecular weight excluding hydrogens is 301 g/mol. The summed E-state index contributed by atoms with van der Waals surface area (Å²) in [5.41, 5.74) is 2.27. The van der Waals surface area contributed by atoms with Crippen molar-refractivity contribution in [3.05, 3.63) is 66.5 Å². The molecule has 0 saturated carbocycles. The van der Waals surface area contributed by atoms with Crippen molar-refractivity contribution in [1.82, 2.24) is 10.2 Å². The second kappa shape index (κ2) is 6.40. The van der Waals surface area contributed by atoms with Gasteiger partial charge in [-0.15, -0.1) is 10.2 Å². The Labute approximate surface area is 141 Å². The van der Waals surface area contributed by atoms with Crippen LogP contribution in [0.1, 0.15) is 20.8 Å². The maximum atomic E-state index is 14.9. The molecular formula is C20H20FN3. The molecule has 0 unspecified atom stereocenters. The molecule has 3 aromatic rings. The van der Waals surface area contributed by atoms with Crippen LogP contribution in [-0.4, -0.2) is 15.7 Å². The number of rotatable bonds is 3. The van der Waals surface area contributed by atoms with Gasteiger partial charge in [0.2, 0.25) is 0 Å². The van der Waals surface area contributed by atoms with Crippen molar-refractivity contribution in [3.8, 4) is 22.4 Å². The maximum Gasteiger partial charge on any atom is 0.149 e. The summed E-state index contributed by atoms with van der Waals surface area (Å²) in [6, 6.07) is 18.4. The highest BCUT2D eigenvalue weighted by molar-refractivity contribution is 5.72. The average Bonchev–Trinajstić information content (AvgIpc) is 2.55. The fourth-order valence-corrected chi connectivity index (χ4v) is 2.50. The van der Waals surface area contributed by atoms with Crippen molar-refractivity contribution in [1.29, 1.82) is 0 Å². The van der Waals surface area contributed by atoms with Crippen molar-refractivity contribution in [3.63, 3.8) is 0 Å². The Hall–Kier alpha value is -2.75. The van der Waals surface area contributed by atoms with Gasteiger partial charge in [-0.2, -0.15) is 0 Å². The molecule has 122 valence electrons. The van der Waals surface area contributed by atoms with Crippen LogP contribution in [-0.2, 0) is 0 Å². The third-order valence-corrected chi connectivity index (χ3v) is 3.53. The fraction of sp³-hybridized carbons (Fsp3) is 0.200. The zero-order valence-electron chi connectivity index (χ0n) is 14.0. The molecule has 24 heavy (non-hydrogen) atoms. The molecule has 0 atom stereocenters. The van der Waals surface area contributed by atoms with Gasteiger partial charge in [0, 0.05) is 16.7 Å². The van der Waals surface area contributed by atoms with Crippen LogP contribution in [0.4, 0.5) is 10.2 Å². The molecule has 0 fully saturated rings. The first-order valence-electron chi connectivity index (χ1n) is 7.90. The molecule has 0 aliphatic carbocycles. The normalized spacial score (nSPS) is 11.3. The monoisotopic (exact) mass is 321 g/mol. The first-order valence-corrected chi connectivity index (χ1v) is 7.90. The SMILES string of the molecule is CC(C)(C)Nc1ccc(-c2cccc(-c3ccccc3)c2F)nn1. The molecule has 0 radical (unpaired) electrons. The van der Waals surface area contributed by atoms with Crippen molar-refractivity contribution >= 4 is 5.82 Å². The van der Waals surface area contributed by atoms with E-state index in [1.54, 1.807) is 18.2 Å². The second-order valence-electron chi connectivity index (χ2n) is 6.71. The number of hydrogen-bond acceptors (Lipinski definition) is 3. The minimum atomic E-state index is -0.283. The number of hydrogen-bond donors (Lipinski definition) is 1. The average molecular weight is 321 g/mol. The van der Waals surface area contributed by atoms with Gasteiger partial charge in [0.1, 0.15) is 11.6 Å². The summed E-state index contributed by atoms with van der Waals surface area (Å²) in [6.45, 7) is 6.14. The van der Waals surface area contributed by atoms with E-state index in [9.17, 15) is 4.39 Å². The number of halogens is 1. The van der Waals surface area contributed by atoms with E-state index in [4.69, 9.17) is 0 Å². The Balaban J connectivity index is 1.96. The quantitative estimate of drug-likeness (QED) is 0.724. The van der Waals surface area contributed by atoms with Gasteiger partial charge in [0.15, 0.2) is 0 Å². The minimum absolute atomic E-state index is 0.103. The van der Waals surface area contributed by atoms with E-state index < -0.39 is 0 Å². The maximum absolute atomic E-state index is 14.9. The lowest BCUT2D eigenvalue weighted by Gasteiger charge is -2.20. The van der Waals surface area contributed by atoms with Gasteiger partial charge in [-0.1, -0.05) is 42.5 Å². The highest BCUT2D eigenvalue weighted by atomic mass is 19.1. The lowest BCUT2D eigenvalue weighted by atomic mass is 10.0. The van der Waals surface area contributed by atoms with E-state index in [2.05, 4.69) is 15.5 Å². The molecule has 0 bridgehead atoms. The van der Waals surface area contributed by atoms with Gasteiger partial charge >= 0.3 is 0 Å². The molecule has 0 amide bonds. The molecule has 0 aliphatic heterocycles. The number of anilines is 1. The molecule has 0 aliphatic rings. The van der Waals surface area contributed by atoms with E-state index in [0.717, 1.165) is 5.56 Å². The number of benzene rings is 2. The largest absolute Gasteiger partial charge is 0.364 e. The van der Waals surface area contributed by atoms with Gasteiger partial charge in [0.05, 0.1) is 5.69 Å². The van der Waals surface area contributed by atoms with Crippen molar-refractivity contribution in [2.45, 2.75) is 26.3 Å². The minimum Gasteiger partial charge on any atom is -0.364 e. The van der Waals surface area contributed by atoms with Crippen molar-refractivity contribution < 1.29 is 4.39 Å². The highest BCUT2D eigenvalue weighted by Crippen LogP contribution is 2.30. The predicted octanol–water partition coefficient (Wildman–Crippen LogP) is 5.16. The van der Waals surface area contributed by atoms with Crippen LogP contribution in [0, 0.1) is 5.82 Å². The zero-order chi connectivity index (χ0) is 17.2. The summed E-state index contributed by atoms with van der Waals surface area (Å²) in [7, 11) is 0. The molecule has 1 N–H and O–H groups in total. The van der Waals surface area contributed by atoms with Crippen LogP contribution >= 0.6 is 0 Å². The van der Waals surface area contributed by atoms with E-state index in [1.165, 1.54) is 0 Å². The number of aromatic nitrogens is 2. The molecule has 1 heterocycles. The molecule has 4 heteroatoms. The summed E-state index contributed by atoms with van der Waals surface area (Å²) in [4.78, 5) is 0. The molecule has 0 spiro atoms. The summed E-state index contributed by atoms with van der Waals surface area (Å²) in [5, 5.41) is 11.6. The van der Waals surface area contributed by atoms with E-state index in [-0.39, 0.29) is 11.4 Å². The van der Waals surface area contributed by atoms with E-state index >= 15 is 0 Å². The molecule has 3 rings (SSSR count). The lowest BCUT2D eigenvalue weighted by molar-refractivity contribution is 0.627. The summed E-state index contributed by atoms with van der Waals surface area (Å²) in [5.74, 6) is 0.389.